The number of aromatic nitrogens is 7. The lowest BCUT2D eigenvalue weighted by molar-refractivity contribution is 1.17. The zero-order valence-electron chi connectivity index (χ0n) is 32.3. The highest BCUT2D eigenvalue weighted by Gasteiger charge is 2.18. The normalized spacial score (nSPS) is 11.0. The van der Waals surface area contributed by atoms with E-state index in [2.05, 4.69) is 66.7 Å². The van der Waals surface area contributed by atoms with Crippen LogP contribution in [0.3, 0.4) is 0 Å². The van der Waals surface area contributed by atoms with E-state index in [4.69, 9.17) is 34.9 Å². The standard InChI is InChI=1S/C53H35N7/c1-5-16-37(17-6-1)45-34-46(58-52(57-45)40-20-9-3-10-21-40)39-28-26-36(27-29-39)42-32-49(44-25-13-14-30-54-44)56-50(33-42)51-43(24-15-31-55-51)48-35-47(38-18-7-2-8-19-38)59-53(60-48)41-22-11-4-12-23-41/h1-35H. The van der Waals surface area contributed by atoms with Gasteiger partial charge in [0.25, 0.3) is 0 Å². The minimum Gasteiger partial charge on any atom is -0.255 e. The van der Waals surface area contributed by atoms with Crippen LogP contribution in [0.1, 0.15) is 0 Å². The molecule has 5 aromatic carbocycles. The van der Waals surface area contributed by atoms with Gasteiger partial charge in [0.15, 0.2) is 11.6 Å². The summed E-state index contributed by atoms with van der Waals surface area (Å²) in [5.41, 5.74) is 13.9. The lowest BCUT2D eigenvalue weighted by Crippen LogP contribution is -1.99. The third kappa shape index (κ3) is 7.58. The van der Waals surface area contributed by atoms with Crippen molar-refractivity contribution in [1.29, 1.82) is 0 Å². The highest BCUT2D eigenvalue weighted by atomic mass is 14.9. The average Bonchev–Trinajstić information content (AvgIpc) is 3.35. The number of hydrogen-bond acceptors (Lipinski definition) is 7. The molecule has 282 valence electrons. The minimum absolute atomic E-state index is 0.633. The Morgan fingerprint density at radius 1 is 0.233 bits per heavy atom. The van der Waals surface area contributed by atoms with Crippen LogP contribution in [0.4, 0.5) is 0 Å². The SMILES string of the molecule is c1ccc(-c2cc(-c3ccc(-c4cc(-c5ccccn5)nc(-c5ncccc5-c5cc(-c6ccccc6)nc(-c6ccccc6)n5)c4)cc3)nc(-c3ccccc3)n2)cc1. The quantitative estimate of drug-likeness (QED) is 0.144. The van der Waals surface area contributed by atoms with Crippen molar-refractivity contribution in [2.75, 3.05) is 0 Å². The molecule has 5 aromatic heterocycles. The lowest BCUT2D eigenvalue weighted by Gasteiger charge is -2.14. The van der Waals surface area contributed by atoms with E-state index in [-0.39, 0.29) is 0 Å². The number of pyridine rings is 3. The summed E-state index contributed by atoms with van der Waals surface area (Å²) in [6, 6.07) is 67.2. The monoisotopic (exact) mass is 769 g/mol. The van der Waals surface area contributed by atoms with Gasteiger partial charge in [-0.3, -0.25) is 9.97 Å². The first-order valence-corrected chi connectivity index (χ1v) is 19.7. The molecule has 0 amide bonds. The van der Waals surface area contributed by atoms with Crippen molar-refractivity contribution in [2.24, 2.45) is 0 Å². The van der Waals surface area contributed by atoms with Crippen molar-refractivity contribution >= 4 is 0 Å². The minimum atomic E-state index is 0.633. The third-order valence-electron chi connectivity index (χ3n) is 10.2. The van der Waals surface area contributed by atoms with Crippen molar-refractivity contribution in [3.63, 3.8) is 0 Å². The number of benzene rings is 5. The zero-order chi connectivity index (χ0) is 40.1. The Kier molecular flexibility index (Phi) is 9.79. The van der Waals surface area contributed by atoms with Crippen LogP contribution in [0.2, 0.25) is 0 Å². The summed E-state index contributed by atoms with van der Waals surface area (Å²) >= 11 is 0. The van der Waals surface area contributed by atoms with Gasteiger partial charge in [0.1, 0.15) is 0 Å². The maximum absolute atomic E-state index is 5.20. The van der Waals surface area contributed by atoms with E-state index in [1.165, 1.54) is 0 Å². The van der Waals surface area contributed by atoms with E-state index in [1.54, 1.807) is 12.4 Å². The van der Waals surface area contributed by atoms with Crippen molar-refractivity contribution < 1.29 is 0 Å². The second-order valence-corrected chi connectivity index (χ2v) is 14.2. The van der Waals surface area contributed by atoms with Gasteiger partial charge in [0, 0.05) is 45.8 Å². The second-order valence-electron chi connectivity index (χ2n) is 14.2. The first kappa shape index (κ1) is 36.1. The molecule has 0 aliphatic carbocycles. The Bertz CT molecular complexity index is 2940. The number of hydrogen-bond donors (Lipinski definition) is 0. The Balaban J connectivity index is 1.09. The van der Waals surface area contributed by atoms with Gasteiger partial charge in [-0.05, 0) is 59.7 Å². The lowest BCUT2D eigenvalue weighted by atomic mass is 9.98. The van der Waals surface area contributed by atoms with E-state index in [0.29, 0.717) is 23.0 Å². The molecule has 7 nitrogen and oxygen atoms in total. The number of rotatable bonds is 9. The van der Waals surface area contributed by atoms with Crippen LogP contribution in [0.15, 0.2) is 213 Å². The molecule has 0 radical (unpaired) electrons. The summed E-state index contributed by atoms with van der Waals surface area (Å²) < 4.78 is 0. The molecule has 0 aliphatic rings. The van der Waals surface area contributed by atoms with Crippen LogP contribution in [0.25, 0.3) is 102 Å². The molecule has 0 saturated carbocycles. The highest BCUT2D eigenvalue weighted by molar-refractivity contribution is 5.84. The van der Waals surface area contributed by atoms with Crippen LogP contribution in [0.5, 0.6) is 0 Å². The predicted octanol–water partition coefficient (Wildman–Crippen LogP) is 12.5. The van der Waals surface area contributed by atoms with Gasteiger partial charge in [-0.15, -0.1) is 0 Å². The molecular weight excluding hydrogens is 735 g/mol. The van der Waals surface area contributed by atoms with Gasteiger partial charge in [-0.1, -0.05) is 152 Å². The summed E-state index contributed by atoms with van der Waals surface area (Å²) in [7, 11) is 0. The van der Waals surface area contributed by atoms with Crippen LogP contribution in [-0.2, 0) is 0 Å². The summed E-state index contributed by atoms with van der Waals surface area (Å²) in [6.07, 6.45) is 3.59. The van der Waals surface area contributed by atoms with Gasteiger partial charge in [0.05, 0.1) is 45.6 Å². The maximum Gasteiger partial charge on any atom is 0.160 e. The molecule has 0 bridgehead atoms. The molecule has 60 heavy (non-hydrogen) atoms. The van der Waals surface area contributed by atoms with Gasteiger partial charge < -0.3 is 0 Å². The smallest absolute Gasteiger partial charge is 0.160 e. The fraction of sp³-hybridized carbons (Fsp3) is 0. The third-order valence-corrected chi connectivity index (χ3v) is 10.2. The molecule has 0 atom stereocenters. The van der Waals surface area contributed by atoms with Gasteiger partial charge in [-0.25, -0.2) is 24.9 Å². The van der Waals surface area contributed by atoms with Crippen LogP contribution in [0, 0.1) is 0 Å². The Labute approximate surface area is 347 Å². The van der Waals surface area contributed by atoms with Crippen molar-refractivity contribution in [1.82, 2.24) is 34.9 Å². The van der Waals surface area contributed by atoms with Gasteiger partial charge in [0.2, 0.25) is 0 Å². The van der Waals surface area contributed by atoms with Crippen LogP contribution < -0.4 is 0 Å². The van der Waals surface area contributed by atoms with Gasteiger partial charge >= 0.3 is 0 Å². The molecule has 0 N–H and O–H groups in total. The zero-order valence-corrected chi connectivity index (χ0v) is 32.3. The van der Waals surface area contributed by atoms with E-state index < -0.39 is 0 Å². The Morgan fingerprint density at radius 3 is 1.23 bits per heavy atom. The van der Waals surface area contributed by atoms with Crippen molar-refractivity contribution in [3.8, 4) is 102 Å². The second kappa shape index (κ2) is 16.3. The maximum atomic E-state index is 5.20. The van der Waals surface area contributed by atoms with Crippen LogP contribution in [-0.4, -0.2) is 34.9 Å². The fourth-order valence-electron chi connectivity index (χ4n) is 7.24. The van der Waals surface area contributed by atoms with E-state index in [9.17, 15) is 0 Å². The summed E-state index contributed by atoms with van der Waals surface area (Å²) in [5, 5.41) is 0. The first-order chi connectivity index (χ1) is 29.7. The first-order valence-electron chi connectivity index (χ1n) is 19.7. The molecule has 0 spiro atoms. The Hall–Kier alpha value is -8.29. The average molecular weight is 770 g/mol. The fourth-order valence-corrected chi connectivity index (χ4v) is 7.24. The summed E-state index contributed by atoms with van der Waals surface area (Å²) in [4.78, 5) is 35.0. The van der Waals surface area contributed by atoms with Crippen molar-refractivity contribution in [3.05, 3.63) is 213 Å². The van der Waals surface area contributed by atoms with Crippen LogP contribution >= 0.6 is 0 Å². The summed E-state index contributed by atoms with van der Waals surface area (Å²) in [5.74, 6) is 1.31. The molecule has 0 aliphatic heterocycles. The molecule has 0 saturated heterocycles. The van der Waals surface area contributed by atoms with E-state index >= 15 is 0 Å². The molecule has 7 heteroatoms. The summed E-state index contributed by atoms with van der Waals surface area (Å²) in [6.45, 7) is 0. The molecule has 10 aromatic rings. The topological polar surface area (TPSA) is 90.2 Å². The molecule has 10 rings (SSSR count). The molecule has 0 fully saturated rings. The molecule has 0 unspecified atom stereocenters. The predicted molar refractivity (Wildman–Crippen MR) is 240 cm³/mol. The number of nitrogens with zero attached hydrogens (tertiary/aromatic N) is 7. The molecular formula is C53H35N7. The highest BCUT2D eigenvalue weighted by Crippen LogP contribution is 2.36. The van der Waals surface area contributed by atoms with E-state index in [1.807, 2.05) is 133 Å². The largest absolute Gasteiger partial charge is 0.255 e. The van der Waals surface area contributed by atoms with Crippen molar-refractivity contribution in [2.45, 2.75) is 0 Å². The Morgan fingerprint density at radius 2 is 0.683 bits per heavy atom. The van der Waals surface area contributed by atoms with E-state index in [0.717, 1.165) is 78.7 Å². The molecule has 5 heterocycles. The van der Waals surface area contributed by atoms with Gasteiger partial charge in [-0.2, -0.15) is 0 Å².